The first-order chi connectivity index (χ1) is 19.9. The maximum absolute atomic E-state index is 13.9. The summed E-state index contributed by atoms with van der Waals surface area (Å²) in [7, 11) is -1.90. The molecule has 216 valence electrons. The molecule has 2 aliphatic rings. The van der Waals surface area contributed by atoms with E-state index < -0.39 is 46.0 Å². The normalized spacial score (nSPS) is 16.0. The number of anilines is 2. The molecule has 5 rings (SSSR count). The lowest BCUT2D eigenvalue weighted by atomic mass is 9.95. The predicted molar refractivity (Wildman–Crippen MR) is 155 cm³/mol. The van der Waals surface area contributed by atoms with E-state index in [1.54, 1.807) is 30.3 Å². The topological polar surface area (TPSA) is 114 Å². The van der Waals surface area contributed by atoms with E-state index in [0.717, 1.165) is 32.1 Å². The van der Waals surface area contributed by atoms with Crippen LogP contribution >= 0.6 is 11.3 Å². The molecule has 0 spiro atoms. The van der Waals surface area contributed by atoms with Gasteiger partial charge in [0.1, 0.15) is 23.4 Å². The molecule has 3 amide bonds. The second-order valence-electron chi connectivity index (χ2n) is 9.85. The van der Waals surface area contributed by atoms with Crippen LogP contribution in [0.5, 0.6) is 11.5 Å². The van der Waals surface area contributed by atoms with Gasteiger partial charge in [0.25, 0.3) is 0 Å². The Kier molecular flexibility index (Phi) is 9.30. The van der Waals surface area contributed by atoms with Gasteiger partial charge in [0.2, 0.25) is 24.5 Å². The third-order valence-electron chi connectivity index (χ3n) is 6.88. The quantitative estimate of drug-likeness (QED) is 0.354. The molecule has 1 aromatic heterocycles. The molecule has 0 unspecified atom stereocenters. The number of nitrogens with zero attached hydrogens (tertiary/aromatic N) is 1. The van der Waals surface area contributed by atoms with Gasteiger partial charge in [-0.15, -0.1) is 11.3 Å². The van der Waals surface area contributed by atoms with Crippen LogP contribution in [-0.4, -0.2) is 46.3 Å². The van der Waals surface area contributed by atoms with Gasteiger partial charge < -0.3 is 20.1 Å². The highest BCUT2D eigenvalue weighted by atomic mass is 32.2. The SMILES string of the molecule is O=C(C[S@](=O)CC(=O)N(c1ccc2c(c1)OCO2)[C@@H](C(=O)NC1CCCCC1)c1cccs1)Nc1ccc(F)cc1. The Morgan fingerprint density at radius 2 is 1.76 bits per heavy atom. The monoisotopic (exact) mass is 599 g/mol. The highest BCUT2D eigenvalue weighted by molar-refractivity contribution is 7.86. The zero-order chi connectivity index (χ0) is 28.8. The number of rotatable bonds is 10. The highest BCUT2D eigenvalue weighted by Crippen LogP contribution is 2.39. The number of nitrogens with one attached hydrogen (secondary N) is 2. The molecule has 12 heteroatoms. The molecule has 1 aliphatic carbocycles. The van der Waals surface area contributed by atoms with Crippen molar-refractivity contribution in [1.29, 1.82) is 0 Å². The summed E-state index contributed by atoms with van der Waals surface area (Å²) >= 11 is 1.34. The van der Waals surface area contributed by atoms with E-state index in [0.29, 0.717) is 27.8 Å². The molecule has 2 atom stereocenters. The molecule has 1 fully saturated rings. The summed E-state index contributed by atoms with van der Waals surface area (Å²) < 4.78 is 37.1. The van der Waals surface area contributed by atoms with Crippen molar-refractivity contribution in [1.82, 2.24) is 5.32 Å². The van der Waals surface area contributed by atoms with Gasteiger partial charge in [0.05, 0.1) is 0 Å². The van der Waals surface area contributed by atoms with Crippen LogP contribution in [0.1, 0.15) is 43.0 Å². The fourth-order valence-corrected chi connectivity index (χ4v) is 6.65. The number of ether oxygens (including phenoxy) is 2. The van der Waals surface area contributed by atoms with Crippen molar-refractivity contribution in [3.05, 3.63) is 70.7 Å². The molecule has 1 aliphatic heterocycles. The molecule has 2 heterocycles. The number of thiophene rings is 1. The molecule has 0 bridgehead atoms. The number of halogens is 1. The average Bonchev–Trinajstić information content (AvgIpc) is 3.65. The van der Waals surface area contributed by atoms with Gasteiger partial charge in [0.15, 0.2) is 11.5 Å². The van der Waals surface area contributed by atoms with E-state index in [4.69, 9.17) is 9.47 Å². The lowest BCUT2D eigenvalue weighted by Gasteiger charge is -2.32. The zero-order valence-electron chi connectivity index (χ0n) is 22.2. The van der Waals surface area contributed by atoms with Crippen LogP contribution in [0.15, 0.2) is 60.0 Å². The maximum Gasteiger partial charge on any atom is 0.248 e. The maximum atomic E-state index is 13.9. The van der Waals surface area contributed by atoms with Crippen LogP contribution in [0.4, 0.5) is 15.8 Å². The Morgan fingerprint density at radius 3 is 2.49 bits per heavy atom. The summed E-state index contributed by atoms with van der Waals surface area (Å²) in [5, 5.41) is 7.52. The summed E-state index contributed by atoms with van der Waals surface area (Å²) in [5.74, 6) is -1.95. The summed E-state index contributed by atoms with van der Waals surface area (Å²) in [4.78, 5) is 42.2. The lowest BCUT2D eigenvalue weighted by molar-refractivity contribution is -0.126. The Hall–Kier alpha value is -3.77. The van der Waals surface area contributed by atoms with Gasteiger partial charge >= 0.3 is 0 Å². The molecular weight excluding hydrogens is 569 g/mol. The van der Waals surface area contributed by atoms with E-state index >= 15 is 0 Å². The van der Waals surface area contributed by atoms with E-state index in [2.05, 4.69) is 10.6 Å². The minimum Gasteiger partial charge on any atom is -0.454 e. The molecule has 1 saturated carbocycles. The average molecular weight is 600 g/mol. The summed E-state index contributed by atoms with van der Waals surface area (Å²) in [6.07, 6.45) is 4.92. The van der Waals surface area contributed by atoms with Crippen LogP contribution < -0.4 is 25.0 Å². The lowest BCUT2D eigenvalue weighted by Crippen LogP contribution is -2.48. The molecule has 3 aromatic rings. The minimum absolute atomic E-state index is 0.0108. The predicted octanol–water partition coefficient (Wildman–Crippen LogP) is 4.53. The van der Waals surface area contributed by atoms with E-state index in [1.807, 2.05) is 5.38 Å². The molecule has 2 N–H and O–H groups in total. The Morgan fingerprint density at radius 1 is 1.00 bits per heavy atom. The summed E-state index contributed by atoms with van der Waals surface area (Å²) in [6, 6.07) is 12.7. The molecule has 9 nitrogen and oxygen atoms in total. The van der Waals surface area contributed by atoms with Gasteiger partial charge in [0, 0.05) is 39.2 Å². The standard InChI is InChI=1S/C29H30FN3O6S2/c30-19-8-10-21(11-9-19)31-26(34)16-41(37)17-27(35)33(22-12-13-23-24(15-22)39-18-38-23)28(25-7-4-14-40-25)29(36)32-20-5-2-1-3-6-20/h4,7-15,20,28H,1-3,5-6,16-18H2,(H,31,34)(H,32,36)/t28-,41+/m1/s1. The van der Waals surface area contributed by atoms with Crippen molar-refractivity contribution in [3.8, 4) is 11.5 Å². The zero-order valence-corrected chi connectivity index (χ0v) is 23.8. The van der Waals surface area contributed by atoms with Crippen LogP contribution in [-0.2, 0) is 25.2 Å². The highest BCUT2D eigenvalue weighted by Gasteiger charge is 2.36. The van der Waals surface area contributed by atoms with E-state index in [-0.39, 0.29) is 18.7 Å². The number of fused-ring (bicyclic) bond motifs is 1. The van der Waals surface area contributed by atoms with Gasteiger partial charge in [-0.2, -0.15) is 0 Å². The van der Waals surface area contributed by atoms with Gasteiger partial charge in [-0.3, -0.25) is 23.5 Å². The second kappa shape index (κ2) is 13.3. The third-order valence-corrected chi connectivity index (χ3v) is 8.96. The number of benzene rings is 2. The van der Waals surface area contributed by atoms with Crippen molar-refractivity contribution in [3.63, 3.8) is 0 Å². The van der Waals surface area contributed by atoms with Gasteiger partial charge in [-0.1, -0.05) is 25.3 Å². The fraction of sp³-hybridized carbons (Fsp3) is 0.345. The van der Waals surface area contributed by atoms with Gasteiger partial charge in [-0.25, -0.2) is 4.39 Å². The van der Waals surface area contributed by atoms with Crippen LogP contribution in [0.3, 0.4) is 0 Å². The number of amides is 3. The molecule has 2 aromatic carbocycles. The van der Waals surface area contributed by atoms with Gasteiger partial charge in [-0.05, 0) is 60.7 Å². The largest absolute Gasteiger partial charge is 0.454 e. The smallest absolute Gasteiger partial charge is 0.248 e. The molecular formula is C29H30FN3O6S2. The number of hydrogen-bond donors (Lipinski definition) is 2. The summed E-state index contributed by atoms with van der Waals surface area (Å²) in [5.41, 5.74) is 0.725. The Bertz CT molecular complexity index is 1410. The van der Waals surface area contributed by atoms with Crippen LogP contribution in [0.2, 0.25) is 0 Å². The summed E-state index contributed by atoms with van der Waals surface area (Å²) in [6.45, 7) is 0.0381. The molecule has 41 heavy (non-hydrogen) atoms. The number of carbonyl (C=O) groups is 3. The molecule has 0 radical (unpaired) electrons. The number of carbonyl (C=O) groups excluding carboxylic acids is 3. The van der Waals surface area contributed by atoms with Crippen LogP contribution in [0, 0.1) is 5.82 Å². The first kappa shape index (κ1) is 28.7. The second-order valence-corrected chi connectivity index (χ2v) is 12.3. The van der Waals surface area contributed by atoms with E-state index in [9.17, 15) is 23.0 Å². The Balaban J connectivity index is 1.39. The first-order valence-corrected chi connectivity index (χ1v) is 15.7. The fourth-order valence-electron chi connectivity index (χ4n) is 4.95. The van der Waals surface area contributed by atoms with Crippen molar-refractivity contribution in [2.75, 3.05) is 28.5 Å². The van der Waals surface area contributed by atoms with Crippen molar-refractivity contribution in [2.45, 2.75) is 44.2 Å². The number of hydrogen-bond acceptors (Lipinski definition) is 7. The van der Waals surface area contributed by atoms with Crippen molar-refractivity contribution in [2.24, 2.45) is 0 Å². The first-order valence-electron chi connectivity index (χ1n) is 13.3. The van der Waals surface area contributed by atoms with Crippen LogP contribution in [0.25, 0.3) is 0 Å². The van der Waals surface area contributed by atoms with E-state index in [1.165, 1.54) is 40.5 Å². The Labute approximate surface area is 243 Å². The van der Waals surface area contributed by atoms with Crippen molar-refractivity contribution < 1.29 is 32.5 Å². The minimum atomic E-state index is -1.90. The van der Waals surface area contributed by atoms with Crippen molar-refractivity contribution >= 4 is 51.2 Å². The third kappa shape index (κ3) is 7.31. The molecule has 0 saturated heterocycles.